The fourth-order valence-corrected chi connectivity index (χ4v) is 2.01. The van der Waals surface area contributed by atoms with Gasteiger partial charge in [0.1, 0.15) is 5.82 Å². The number of hydrogen-bond acceptors (Lipinski definition) is 1. The normalized spacial score (nSPS) is 12.7. The summed E-state index contributed by atoms with van der Waals surface area (Å²) in [4.78, 5) is 0. The van der Waals surface area contributed by atoms with Gasteiger partial charge in [-0.2, -0.15) is 0 Å². The number of unbranched alkanes of at least 4 members (excludes halogenated alkanes) is 1. The van der Waals surface area contributed by atoms with Crippen LogP contribution in [0.5, 0.6) is 5.75 Å². The first kappa shape index (κ1) is 21.4. The SMILES string of the molecule is CCCCC(CC)COc1ccc(F)cc1[B-](F)(F)F.[K+]. The minimum atomic E-state index is -5.27. The molecule has 0 N–H and O–H groups in total. The summed E-state index contributed by atoms with van der Waals surface area (Å²) >= 11 is 0. The minimum Gasteiger partial charge on any atom is -0.496 e. The van der Waals surface area contributed by atoms with Gasteiger partial charge in [0.05, 0.1) is 12.4 Å². The Morgan fingerprint density at radius 1 is 1.19 bits per heavy atom. The number of ether oxygens (including phenoxy) is 1. The number of benzene rings is 1. The molecular formula is C14H20BF4KO. The topological polar surface area (TPSA) is 9.23 Å². The average molecular weight is 330 g/mol. The third-order valence-corrected chi connectivity index (χ3v) is 3.34. The fraction of sp³-hybridized carbons (Fsp3) is 0.571. The predicted octanol–water partition coefficient (Wildman–Crippen LogP) is 1.48. The molecule has 0 aliphatic rings. The van der Waals surface area contributed by atoms with Gasteiger partial charge >= 0.3 is 58.4 Å². The van der Waals surface area contributed by atoms with Crippen LogP contribution in [0.3, 0.4) is 0 Å². The van der Waals surface area contributed by atoms with Crippen LogP contribution in [-0.2, 0) is 0 Å². The van der Waals surface area contributed by atoms with Crippen molar-refractivity contribution in [2.24, 2.45) is 5.92 Å². The zero-order chi connectivity index (χ0) is 15.2. The molecule has 0 spiro atoms. The molecule has 0 saturated heterocycles. The van der Waals surface area contributed by atoms with E-state index in [4.69, 9.17) is 4.74 Å². The largest absolute Gasteiger partial charge is 1.00 e. The molecule has 1 aromatic rings. The molecule has 1 nitrogen and oxygen atoms in total. The van der Waals surface area contributed by atoms with Crippen molar-refractivity contribution in [3.63, 3.8) is 0 Å². The Morgan fingerprint density at radius 2 is 1.86 bits per heavy atom. The molecule has 0 radical (unpaired) electrons. The Labute approximate surface area is 166 Å². The van der Waals surface area contributed by atoms with Crippen molar-refractivity contribution >= 4 is 12.4 Å². The van der Waals surface area contributed by atoms with E-state index in [9.17, 15) is 17.3 Å². The maximum Gasteiger partial charge on any atom is 1.00 e. The molecule has 0 aliphatic carbocycles. The van der Waals surface area contributed by atoms with Crippen molar-refractivity contribution in [3.05, 3.63) is 24.0 Å². The zero-order valence-corrected chi connectivity index (χ0v) is 16.0. The fourth-order valence-electron chi connectivity index (χ4n) is 2.01. The molecule has 0 amide bonds. The zero-order valence-electron chi connectivity index (χ0n) is 12.8. The second kappa shape index (κ2) is 10.3. The summed E-state index contributed by atoms with van der Waals surface area (Å²) in [5.74, 6) is -0.938. The van der Waals surface area contributed by atoms with Crippen LogP contribution in [0.2, 0.25) is 0 Å². The van der Waals surface area contributed by atoms with Gasteiger partial charge in [0, 0.05) is 0 Å². The Kier molecular flexibility index (Phi) is 10.5. The summed E-state index contributed by atoms with van der Waals surface area (Å²) in [6.45, 7) is -0.978. The molecule has 0 saturated carbocycles. The van der Waals surface area contributed by atoms with Crippen molar-refractivity contribution < 1.29 is 73.5 Å². The summed E-state index contributed by atoms with van der Waals surface area (Å²) < 4.78 is 56.8. The second-order valence-electron chi connectivity index (χ2n) is 4.98. The van der Waals surface area contributed by atoms with Crippen LogP contribution < -0.4 is 61.6 Å². The summed E-state index contributed by atoms with van der Waals surface area (Å²) in [7, 11) is 0. The standard InChI is InChI=1S/C14H20BF4O.K/c1-3-5-6-11(4-2)10-20-14-8-7-12(16)9-13(14)15(17,18)19;/h7-9,11H,3-6,10H2,1-2H3;/q-1;+1. The Hall–Kier alpha value is 0.441. The van der Waals surface area contributed by atoms with Gasteiger partial charge in [0.25, 0.3) is 0 Å². The van der Waals surface area contributed by atoms with E-state index in [0.29, 0.717) is 6.07 Å². The van der Waals surface area contributed by atoms with Crippen LogP contribution in [0.25, 0.3) is 0 Å². The van der Waals surface area contributed by atoms with E-state index in [1.807, 2.05) is 6.92 Å². The number of rotatable bonds is 8. The molecule has 21 heavy (non-hydrogen) atoms. The van der Waals surface area contributed by atoms with E-state index in [1.165, 1.54) is 0 Å². The Bertz CT molecular complexity index is 426. The van der Waals surface area contributed by atoms with Crippen molar-refractivity contribution in [2.45, 2.75) is 39.5 Å². The molecule has 1 atom stereocenters. The number of halogens is 4. The number of hydrogen-bond donors (Lipinski definition) is 0. The van der Waals surface area contributed by atoms with Gasteiger partial charge < -0.3 is 17.7 Å². The van der Waals surface area contributed by atoms with E-state index in [-0.39, 0.29) is 69.7 Å². The molecule has 0 heterocycles. The quantitative estimate of drug-likeness (QED) is 0.518. The third-order valence-electron chi connectivity index (χ3n) is 3.34. The van der Waals surface area contributed by atoms with Crippen molar-refractivity contribution in [1.29, 1.82) is 0 Å². The molecule has 1 unspecified atom stereocenters. The molecule has 114 valence electrons. The van der Waals surface area contributed by atoms with E-state index >= 15 is 0 Å². The summed E-state index contributed by atoms with van der Waals surface area (Å²) in [6.07, 6.45) is 3.86. The van der Waals surface area contributed by atoms with Crippen LogP contribution in [-0.4, -0.2) is 13.6 Å². The molecule has 0 bridgehead atoms. The van der Waals surface area contributed by atoms with Gasteiger partial charge in [-0.3, -0.25) is 0 Å². The maximum absolute atomic E-state index is 13.0. The first-order valence-electron chi connectivity index (χ1n) is 7.00. The first-order chi connectivity index (χ1) is 9.38. The van der Waals surface area contributed by atoms with Crippen LogP contribution in [0.15, 0.2) is 18.2 Å². The molecule has 0 aliphatic heterocycles. The van der Waals surface area contributed by atoms with E-state index in [2.05, 4.69) is 6.92 Å². The molecule has 1 rings (SSSR count). The van der Waals surface area contributed by atoms with E-state index in [1.54, 1.807) is 0 Å². The second-order valence-corrected chi connectivity index (χ2v) is 4.98. The monoisotopic (exact) mass is 330 g/mol. The van der Waals surface area contributed by atoms with Gasteiger partial charge in [-0.1, -0.05) is 38.6 Å². The molecule has 0 fully saturated rings. The van der Waals surface area contributed by atoms with Gasteiger partial charge in [0.2, 0.25) is 0 Å². The van der Waals surface area contributed by atoms with E-state index in [0.717, 1.165) is 37.8 Å². The van der Waals surface area contributed by atoms with Gasteiger partial charge in [-0.25, -0.2) is 4.39 Å². The van der Waals surface area contributed by atoms with Crippen LogP contribution in [0.4, 0.5) is 17.3 Å². The Morgan fingerprint density at radius 3 is 2.38 bits per heavy atom. The van der Waals surface area contributed by atoms with Crippen molar-refractivity contribution in [1.82, 2.24) is 0 Å². The van der Waals surface area contributed by atoms with Crippen LogP contribution in [0, 0.1) is 11.7 Å². The summed E-state index contributed by atoms with van der Waals surface area (Å²) in [5, 5.41) is 0. The summed E-state index contributed by atoms with van der Waals surface area (Å²) in [6, 6.07) is 2.56. The first-order valence-corrected chi connectivity index (χ1v) is 7.00. The van der Waals surface area contributed by atoms with Crippen molar-refractivity contribution in [2.75, 3.05) is 6.61 Å². The average Bonchev–Trinajstić information content (AvgIpc) is 2.39. The predicted molar refractivity (Wildman–Crippen MR) is 73.9 cm³/mol. The van der Waals surface area contributed by atoms with E-state index < -0.39 is 18.3 Å². The maximum atomic E-state index is 13.0. The third kappa shape index (κ3) is 7.50. The minimum absolute atomic E-state index is 0. The van der Waals surface area contributed by atoms with Gasteiger partial charge in [-0.05, 0) is 30.5 Å². The van der Waals surface area contributed by atoms with Crippen LogP contribution in [0.1, 0.15) is 39.5 Å². The molecule has 0 aromatic heterocycles. The van der Waals surface area contributed by atoms with Gasteiger partial charge in [0.15, 0.2) is 0 Å². The molecule has 7 heteroatoms. The van der Waals surface area contributed by atoms with Crippen molar-refractivity contribution in [3.8, 4) is 5.75 Å². The van der Waals surface area contributed by atoms with Crippen LogP contribution >= 0.6 is 0 Å². The van der Waals surface area contributed by atoms with Gasteiger partial charge in [-0.15, -0.1) is 0 Å². The molecular weight excluding hydrogens is 310 g/mol. The molecule has 1 aromatic carbocycles. The Balaban J connectivity index is 0.00000400. The smallest absolute Gasteiger partial charge is 0.496 e. The summed E-state index contributed by atoms with van der Waals surface area (Å²) in [5.41, 5.74) is -0.990.